The molecule has 7 nitrogen and oxygen atoms in total. The number of ether oxygens (including phenoxy) is 3. The van der Waals surface area contributed by atoms with Crippen molar-refractivity contribution >= 4 is 35.0 Å². The first-order valence-electron chi connectivity index (χ1n) is 10.5. The van der Waals surface area contributed by atoms with Crippen molar-refractivity contribution in [2.24, 2.45) is 4.99 Å². The zero-order valence-corrected chi connectivity index (χ0v) is 20.7. The Kier molecular flexibility index (Phi) is 6.90. The van der Waals surface area contributed by atoms with Crippen LogP contribution < -0.4 is 24.4 Å². The molecule has 0 unspecified atom stereocenters. The molecule has 0 amide bonds. The number of hydrogen-bond donors (Lipinski definition) is 0. The Hall–Kier alpha value is -3.36. The lowest BCUT2D eigenvalue weighted by Crippen LogP contribution is -2.40. The quantitative estimate of drug-likeness (QED) is 0.486. The molecule has 0 aliphatic carbocycles. The van der Waals surface area contributed by atoms with Gasteiger partial charge in [0.2, 0.25) is 0 Å². The van der Waals surface area contributed by atoms with Gasteiger partial charge in [-0.3, -0.25) is 9.36 Å². The van der Waals surface area contributed by atoms with Crippen LogP contribution in [0.2, 0.25) is 5.02 Å². The molecule has 2 aromatic carbocycles. The van der Waals surface area contributed by atoms with Crippen LogP contribution in [0.4, 0.5) is 0 Å². The fourth-order valence-electron chi connectivity index (χ4n) is 3.89. The molecule has 0 fully saturated rings. The highest BCUT2D eigenvalue weighted by Crippen LogP contribution is 2.37. The van der Waals surface area contributed by atoms with Crippen molar-refractivity contribution < 1.29 is 19.0 Å². The summed E-state index contributed by atoms with van der Waals surface area (Å²) in [6, 6.07) is 11.7. The van der Waals surface area contributed by atoms with Crippen LogP contribution in [0, 0.1) is 0 Å². The highest BCUT2D eigenvalue weighted by molar-refractivity contribution is 7.07. The summed E-state index contributed by atoms with van der Waals surface area (Å²) in [5, 5.41) is 0.570. The van der Waals surface area contributed by atoms with E-state index in [9.17, 15) is 9.59 Å². The van der Waals surface area contributed by atoms with Crippen molar-refractivity contribution in [3.63, 3.8) is 0 Å². The average molecular weight is 499 g/mol. The van der Waals surface area contributed by atoms with E-state index in [2.05, 4.69) is 4.99 Å². The van der Waals surface area contributed by atoms with Crippen LogP contribution in [0.25, 0.3) is 6.08 Å². The summed E-state index contributed by atoms with van der Waals surface area (Å²) in [6.45, 7) is 3.66. The fourth-order valence-corrected chi connectivity index (χ4v) is 5.13. The third-order valence-corrected chi connectivity index (χ3v) is 6.61. The van der Waals surface area contributed by atoms with Gasteiger partial charge in [0.1, 0.15) is 17.5 Å². The molecule has 1 aromatic heterocycles. The van der Waals surface area contributed by atoms with Crippen LogP contribution in [0.5, 0.6) is 11.5 Å². The summed E-state index contributed by atoms with van der Waals surface area (Å²) in [6.07, 6.45) is 1.76. The van der Waals surface area contributed by atoms with E-state index in [-0.39, 0.29) is 17.7 Å². The summed E-state index contributed by atoms with van der Waals surface area (Å²) in [5.74, 6) is 0.532. The number of halogens is 1. The van der Waals surface area contributed by atoms with Gasteiger partial charge in [0.25, 0.3) is 5.56 Å². The van der Waals surface area contributed by atoms with E-state index < -0.39 is 12.0 Å². The zero-order valence-electron chi connectivity index (χ0n) is 19.1. The van der Waals surface area contributed by atoms with Gasteiger partial charge in [0.05, 0.1) is 36.6 Å². The second kappa shape index (κ2) is 9.87. The number of thiazole rings is 1. The minimum absolute atomic E-state index is 0.191. The molecule has 1 aliphatic rings. The smallest absolute Gasteiger partial charge is 0.338 e. The number of carbonyl (C=O) groups excluding carboxylic acids is 1. The molecule has 176 valence electrons. The molecular weight excluding hydrogens is 476 g/mol. The van der Waals surface area contributed by atoms with Gasteiger partial charge in [-0.1, -0.05) is 35.1 Å². The van der Waals surface area contributed by atoms with Crippen molar-refractivity contribution in [2.45, 2.75) is 19.9 Å². The molecular formula is C25H23ClN2O5S. The first-order chi connectivity index (χ1) is 16.4. The number of benzene rings is 2. The Morgan fingerprint density at radius 1 is 1.21 bits per heavy atom. The van der Waals surface area contributed by atoms with Gasteiger partial charge in [-0.15, -0.1) is 0 Å². The number of carbonyl (C=O) groups is 1. The van der Waals surface area contributed by atoms with Crippen LogP contribution in [0.1, 0.15) is 31.0 Å². The SMILES string of the molecule is CCOC(=O)C1=C(C)N=c2s/c(=C/c3cccc(Cl)c3)c(=O)n2[C@@H]1c1cc(OC)ccc1OC. The van der Waals surface area contributed by atoms with Crippen LogP contribution in [0.15, 0.2) is 63.5 Å². The van der Waals surface area contributed by atoms with Gasteiger partial charge in [0, 0.05) is 10.6 Å². The average Bonchev–Trinajstić information content (AvgIpc) is 3.12. The van der Waals surface area contributed by atoms with Gasteiger partial charge in [-0.2, -0.15) is 0 Å². The number of rotatable bonds is 6. The summed E-state index contributed by atoms with van der Waals surface area (Å²) in [7, 11) is 3.09. The molecule has 0 radical (unpaired) electrons. The number of methoxy groups -OCH3 is 2. The predicted octanol–water partition coefficient (Wildman–Crippen LogP) is 3.47. The van der Waals surface area contributed by atoms with Crippen LogP contribution in [0.3, 0.4) is 0 Å². The Bertz CT molecular complexity index is 1470. The Balaban J connectivity index is 2.02. The van der Waals surface area contributed by atoms with Crippen LogP contribution >= 0.6 is 22.9 Å². The van der Waals surface area contributed by atoms with Crippen molar-refractivity contribution in [1.29, 1.82) is 0 Å². The van der Waals surface area contributed by atoms with E-state index in [1.54, 1.807) is 57.4 Å². The molecule has 0 bridgehead atoms. The lowest BCUT2D eigenvalue weighted by molar-refractivity contribution is -0.139. The van der Waals surface area contributed by atoms with Crippen molar-refractivity contribution in [2.75, 3.05) is 20.8 Å². The Morgan fingerprint density at radius 3 is 2.68 bits per heavy atom. The van der Waals surface area contributed by atoms with Crippen molar-refractivity contribution in [3.05, 3.63) is 89.6 Å². The maximum absolute atomic E-state index is 13.7. The summed E-state index contributed by atoms with van der Waals surface area (Å²) < 4.78 is 18.3. The number of allylic oxidation sites excluding steroid dienone is 1. The molecule has 1 aliphatic heterocycles. The molecule has 0 saturated carbocycles. The second-order valence-electron chi connectivity index (χ2n) is 7.47. The van der Waals surface area contributed by atoms with Crippen LogP contribution in [-0.2, 0) is 9.53 Å². The van der Waals surface area contributed by atoms with E-state index in [1.807, 2.05) is 12.1 Å². The first kappa shape index (κ1) is 23.8. The molecule has 3 aromatic rings. The predicted molar refractivity (Wildman–Crippen MR) is 131 cm³/mol. The normalized spacial score (nSPS) is 15.6. The third-order valence-electron chi connectivity index (χ3n) is 5.39. The Morgan fingerprint density at radius 2 is 2.00 bits per heavy atom. The number of hydrogen-bond acceptors (Lipinski definition) is 7. The van der Waals surface area contributed by atoms with Crippen molar-refractivity contribution in [3.8, 4) is 11.5 Å². The van der Waals surface area contributed by atoms with E-state index in [4.69, 9.17) is 25.8 Å². The molecule has 9 heteroatoms. The lowest BCUT2D eigenvalue weighted by atomic mass is 9.94. The zero-order chi connectivity index (χ0) is 24.4. The summed E-state index contributed by atoms with van der Waals surface area (Å²) in [4.78, 5) is 31.8. The van der Waals surface area contributed by atoms with Crippen molar-refractivity contribution in [1.82, 2.24) is 4.57 Å². The number of esters is 1. The molecule has 34 heavy (non-hydrogen) atoms. The highest BCUT2D eigenvalue weighted by atomic mass is 35.5. The lowest BCUT2D eigenvalue weighted by Gasteiger charge is -2.26. The molecule has 2 heterocycles. The minimum Gasteiger partial charge on any atom is -0.497 e. The molecule has 1 atom stereocenters. The summed E-state index contributed by atoms with van der Waals surface area (Å²) >= 11 is 7.36. The minimum atomic E-state index is -0.804. The highest BCUT2D eigenvalue weighted by Gasteiger charge is 2.35. The van der Waals surface area contributed by atoms with Gasteiger partial charge in [0.15, 0.2) is 4.80 Å². The molecule has 4 rings (SSSR count). The molecule has 0 saturated heterocycles. The monoisotopic (exact) mass is 498 g/mol. The van der Waals surface area contributed by atoms with E-state index in [1.165, 1.54) is 23.0 Å². The van der Waals surface area contributed by atoms with Gasteiger partial charge in [-0.05, 0) is 55.8 Å². The van der Waals surface area contributed by atoms with Gasteiger partial charge in [-0.25, -0.2) is 9.79 Å². The van der Waals surface area contributed by atoms with E-state index in [0.29, 0.717) is 37.1 Å². The third kappa shape index (κ3) is 4.38. The van der Waals surface area contributed by atoms with E-state index in [0.717, 1.165) is 5.56 Å². The largest absolute Gasteiger partial charge is 0.497 e. The van der Waals surface area contributed by atoms with Crippen LogP contribution in [-0.4, -0.2) is 31.4 Å². The fraction of sp³-hybridized carbons (Fsp3) is 0.240. The molecule has 0 N–H and O–H groups in total. The summed E-state index contributed by atoms with van der Waals surface area (Å²) in [5.41, 5.74) is 1.84. The standard InChI is InChI=1S/C25H23ClN2O5S/c1-5-33-24(30)21-14(2)27-25-28(22(21)18-13-17(31-3)9-10-19(18)32-4)23(29)20(34-25)12-15-7-6-8-16(26)11-15/h6-13,22H,5H2,1-4H3/b20-12+/t22-/m1/s1. The molecule has 0 spiro atoms. The number of nitrogens with zero attached hydrogens (tertiary/aromatic N) is 2. The second-order valence-corrected chi connectivity index (χ2v) is 8.91. The Labute approximate surface area is 205 Å². The maximum Gasteiger partial charge on any atom is 0.338 e. The van der Waals surface area contributed by atoms with E-state index >= 15 is 0 Å². The maximum atomic E-state index is 13.7. The first-order valence-corrected chi connectivity index (χ1v) is 11.7. The number of aromatic nitrogens is 1. The van der Waals surface area contributed by atoms with Gasteiger partial charge < -0.3 is 14.2 Å². The topological polar surface area (TPSA) is 79.1 Å². The number of fused-ring (bicyclic) bond motifs is 1. The van der Waals surface area contributed by atoms with Gasteiger partial charge >= 0.3 is 5.97 Å².